The Kier molecular flexibility index (Phi) is 11.2. The van der Waals surface area contributed by atoms with Gasteiger partial charge in [-0.25, -0.2) is 0 Å². The molecule has 0 saturated heterocycles. The fourth-order valence-electron chi connectivity index (χ4n) is 2.57. The van der Waals surface area contributed by atoms with Crippen LogP contribution in [-0.4, -0.2) is 79.1 Å². The SMILES string of the molecule is CN=C(NCCc1cc(OC)ccc1OC)NCCN(C)CCCOC. The minimum Gasteiger partial charge on any atom is -0.497 e. The molecule has 0 amide bonds. The summed E-state index contributed by atoms with van der Waals surface area (Å²) < 4.78 is 15.8. The summed E-state index contributed by atoms with van der Waals surface area (Å²) in [5.74, 6) is 2.50. The van der Waals surface area contributed by atoms with E-state index < -0.39 is 0 Å². The molecule has 0 unspecified atom stereocenters. The fourth-order valence-corrected chi connectivity index (χ4v) is 2.57. The predicted molar refractivity (Wildman–Crippen MR) is 107 cm³/mol. The van der Waals surface area contributed by atoms with Gasteiger partial charge in [-0.05, 0) is 43.7 Å². The van der Waals surface area contributed by atoms with Gasteiger partial charge in [0.05, 0.1) is 14.2 Å². The van der Waals surface area contributed by atoms with E-state index >= 15 is 0 Å². The van der Waals surface area contributed by atoms with Gasteiger partial charge in [0.15, 0.2) is 5.96 Å². The van der Waals surface area contributed by atoms with Crippen LogP contribution in [0.3, 0.4) is 0 Å². The molecule has 0 aliphatic carbocycles. The number of likely N-dealkylation sites (N-methyl/N-ethyl adjacent to an activating group) is 1. The van der Waals surface area contributed by atoms with Crippen LogP contribution in [-0.2, 0) is 11.2 Å². The first-order chi connectivity index (χ1) is 12.6. The quantitative estimate of drug-likeness (QED) is 0.331. The topological polar surface area (TPSA) is 67.4 Å². The molecule has 0 aromatic heterocycles. The van der Waals surface area contributed by atoms with Crippen molar-refractivity contribution in [2.75, 3.05) is 68.2 Å². The first-order valence-electron chi connectivity index (χ1n) is 8.97. The average Bonchev–Trinajstić information content (AvgIpc) is 2.66. The highest BCUT2D eigenvalue weighted by Crippen LogP contribution is 2.24. The Morgan fingerprint density at radius 2 is 1.85 bits per heavy atom. The van der Waals surface area contributed by atoms with Crippen molar-refractivity contribution in [3.8, 4) is 11.5 Å². The summed E-state index contributed by atoms with van der Waals surface area (Å²) in [5, 5.41) is 6.67. The monoisotopic (exact) mass is 366 g/mol. The Balaban J connectivity index is 2.34. The van der Waals surface area contributed by atoms with Gasteiger partial charge in [-0.2, -0.15) is 0 Å². The van der Waals surface area contributed by atoms with Gasteiger partial charge in [0.25, 0.3) is 0 Å². The summed E-state index contributed by atoms with van der Waals surface area (Å²) in [6, 6.07) is 5.84. The minimum atomic E-state index is 0.757. The summed E-state index contributed by atoms with van der Waals surface area (Å²) in [6.07, 6.45) is 1.86. The van der Waals surface area contributed by atoms with E-state index in [-0.39, 0.29) is 0 Å². The van der Waals surface area contributed by atoms with E-state index in [1.165, 1.54) is 0 Å². The smallest absolute Gasteiger partial charge is 0.191 e. The molecule has 0 heterocycles. The molecule has 1 aromatic carbocycles. The van der Waals surface area contributed by atoms with Gasteiger partial charge in [-0.3, -0.25) is 4.99 Å². The molecule has 0 aliphatic heterocycles. The fraction of sp³-hybridized carbons (Fsp3) is 0.632. The summed E-state index contributed by atoms with van der Waals surface area (Å²) in [5.41, 5.74) is 1.10. The van der Waals surface area contributed by atoms with E-state index in [1.807, 2.05) is 18.2 Å². The molecule has 2 N–H and O–H groups in total. The van der Waals surface area contributed by atoms with Gasteiger partial charge in [0.2, 0.25) is 0 Å². The van der Waals surface area contributed by atoms with Crippen molar-refractivity contribution >= 4 is 5.96 Å². The Hall–Kier alpha value is -1.99. The number of hydrogen-bond donors (Lipinski definition) is 2. The first kappa shape index (κ1) is 22.1. The maximum atomic E-state index is 5.42. The summed E-state index contributed by atoms with van der Waals surface area (Å²) >= 11 is 0. The normalized spacial score (nSPS) is 11.5. The molecule has 0 aliphatic rings. The largest absolute Gasteiger partial charge is 0.497 e. The third-order valence-electron chi connectivity index (χ3n) is 4.07. The molecular formula is C19H34N4O3. The van der Waals surface area contributed by atoms with Crippen LogP contribution < -0.4 is 20.1 Å². The predicted octanol–water partition coefficient (Wildman–Crippen LogP) is 1.38. The standard InChI is InChI=1S/C19H34N4O3/c1-20-19(22-11-13-23(2)12-6-14-24-3)21-10-9-16-15-17(25-4)7-8-18(16)26-5/h7-8,15H,6,9-14H2,1-5H3,(H2,20,21,22). The number of ether oxygens (including phenoxy) is 3. The molecule has 7 heteroatoms. The Bertz CT molecular complexity index is 538. The summed E-state index contributed by atoms with van der Waals surface area (Å²) in [6.45, 7) is 4.37. The van der Waals surface area contributed by atoms with E-state index in [1.54, 1.807) is 28.4 Å². The van der Waals surface area contributed by atoms with Crippen molar-refractivity contribution in [1.82, 2.24) is 15.5 Å². The Morgan fingerprint density at radius 1 is 1.08 bits per heavy atom. The number of guanidine groups is 1. The van der Waals surface area contributed by atoms with E-state index in [0.717, 1.165) is 68.6 Å². The molecule has 7 nitrogen and oxygen atoms in total. The second kappa shape index (κ2) is 13.2. The van der Waals surface area contributed by atoms with Gasteiger partial charge in [0.1, 0.15) is 11.5 Å². The van der Waals surface area contributed by atoms with Crippen LogP contribution in [0, 0.1) is 0 Å². The lowest BCUT2D eigenvalue weighted by atomic mass is 10.1. The summed E-state index contributed by atoms with van der Waals surface area (Å²) in [7, 11) is 8.98. The van der Waals surface area contributed by atoms with Crippen LogP contribution in [0.2, 0.25) is 0 Å². The zero-order valence-corrected chi connectivity index (χ0v) is 16.8. The van der Waals surface area contributed by atoms with Crippen LogP contribution in [0.4, 0.5) is 0 Å². The third kappa shape index (κ3) is 8.40. The molecule has 1 aromatic rings. The van der Waals surface area contributed by atoms with Crippen molar-refractivity contribution in [2.45, 2.75) is 12.8 Å². The number of aliphatic imine (C=N–C) groups is 1. The second-order valence-electron chi connectivity index (χ2n) is 6.00. The van der Waals surface area contributed by atoms with Crippen molar-refractivity contribution < 1.29 is 14.2 Å². The number of rotatable bonds is 12. The van der Waals surface area contributed by atoms with E-state index in [4.69, 9.17) is 14.2 Å². The van der Waals surface area contributed by atoms with Gasteiger partial charge in [0, 0.05) is 46.9 Å². The third-order valence-corrected chi connectivity index (χ3v) is 4.07. The van der Waals surface area contributed by atoms with Crippen LogP contribution in [0.1, 0.15) is 12.0 Å². The van der Waals surface area contributed by atoms with Crippen molar-refractivity contribution in [3.63, 3.8) is 0 Å². The number of nitrogens with zero attached hydrogens (tertiary/aromatic N) is 2. The van der Waals surface area contributed by atoms with Crippen molar-refractivity contribution in [1.29, 1.82) is 0 Å². The number of methoxy groups -OCH3 is 3. The molecule has 0 fully saturated rings. The molecule has 0 bridgehead atoms. The Morgan fingerprint density at radius 3 is 2.50 bits per heavy atom. The van der Waals surface area contributed by atoms with Crippen LogP contribution >= 0.6 is 0 Å². The minimum absolute atomic E-state index is 0.757. The van der Waals surface area contributed by atoms with Crippen LogP contribution in [0.15, 0.2) is 23.2 Å². The van der Waals surface area contributed by atoms with Gasteiger partial charge < -0.3 is 29.7 Å². The van der Waals surface area contributed by atoms with Crippen molar-refractivity contribution in [3.05, 3.63) is 23.8 Å². The van der Waals surface area contributed by atoms with Crippen molar-refractivity contribution in [2.24, 2.45) is 4.99 Å². The lowest BCUT2D eigenvalue weighted by Crippen LogP contribution is -2.41. The van der Waals surface area contributed by atoms with E-state index in [2.05, 4.69) is 27.6 Å². The number of nitrogens with one attached hydrogen (secondary N) is 2. The highest BCUT2D eigenvalue weighted by Gasteiger charge is 2.06. The maximum absolute atomic E-state index is 5.42. The highest BCUT2D eigenvalue weighted by atomic mass is 16.5. The van der Waals surface area contributed by atoms with Crippen LogP contribution in [0.25, 0.3) is 0 Å². The molecule has 0 spiro atoms. The molecule has 0 atom stereocenters. The van der Waals surface area contributed by atoms with Gasteiger partial charge in [-0.15, -0.1) is 0 Å². The number of hydrogen-bond acceptors (Lipinski definition) is 5. The molecular weight excluding hydrogens is 332 g/mol. The molecule has 1 rings (SSSR count). The van der Waals surface area contributed by atoms with Gasteiger partial charge in [-0.1, -0.05) is 0 Å². The van der Waals surface area contributed by atoms with Crippen LogP contribution in [0.5, 0.6) is 11.5 Å². The Labute approximate surface area is 157 Å². The average molecular weight is 367 g/mol. The molecule has 26 heavy (non-hydrogen) atoms. The molecule has 0 saturated carbocycles. The zero-order valence-electron chi connectivity index (χ0n) is 16.8. The highest BCUT2D eigenvalue weighted by molar-refractivity contribution is 5.79. The van der Waals surface area contributed by atoms with Gasteiger partial charge >= 0.3 is 0 Å². The molecule has 0 radical (unpaired) electrons. The second-order valence-corrected chi connectivity index (χ2v) is 6.00. The lowest BCUT2D eigenvalue weighted by Gasteiger charge is -2.18. The van der Waals surface area contributed by atoms with E-state index in [9.17, 15) is 0 Å². The number of benzene rings is 1. The summed E-state index contributed by atoms with van der Waals surface area (Å²) in [4.78, 5) is 6.55. The van der Waals surface area contributed by atoms with E-state index in [0.29, 0.717) is 0 Å². The first-order valence-corrected chi connectivity index (χ1v) is 8.97. The molecule has 148 valence electrons. The lowest BCUT2D eigenvalue weighted by molar-refractivity contribution is 0.180. The maximum Gasteiger partial charge on any atom is 0.191 e. The zero-order chi connectivity index (χ0) is 19.2.